The largest absolute Gasteiger partial charge is 0.303 e. The Morgan fingerprint density at radius 1 is 0.875 bits per heavy atom. The van der Waals surface area contributed by atoms with Crippen LogP contribution in [0.2, 0.25) is 0 Å². The van der Waals surface area contributed by atoms with Crippen molar-refractivity contribution in [1.82, 2.24) is 0 Å². The van der Waals surface area contributed by atoms with Crippen molar-refractivity contribution in [2.24, 2.45) is 0 Å². The number of thioether (sulfide) groups is 1. The Balaban J connectivity index is 1.88. The third kappa shape index (κ3) is 1.46. The van der Waals surface area contributed by atoms with E-state index in [9.17, 15) is 0 Å². The molecule has 0 bridgehead atoms. The number of nitrogens with one attached hydrogen (secondary N) is 1. The molecule has 0 aromatic heterocycles. The fraction of sp³-hybridized carbons (Fsp3) is 0.0714. The Morgan fingerprint density at radius 3 is 2.38 bits per heavy atom. The van der Waals surface area contributed by atoms with Gasteiger partial charge in [0.2, 0.25) is 0 Å². The van der Waals surface area contributed by atoms with Gasteiger partial charge in [-0.15, -0.1) is 11.8 Å². The highest BCUT2D eigenvalue weighted by molar-refractivity contribution is 8.00. The van der Waals surface area contributed by atoms with Crippen LogP contribution in [0.3, 0.4) is 0 Å². The molecule has 0 aliphatic heterocycles. The molecule has 0 heterocycles. The van der Waals surface area contributed by atoms with Crippen LogP contribution in [0.1, 0.15) is 16.4 Å². The molecule has 1 unspecified atom stereocenters. The molecule has 0 fully saturated rings. The van der Waals surface area contributed by atoms with E-state index in [1.165, 1.54) is 10.5 Å². The molecule has 0 amide bonds. The standard InChI is InChI=1S/C14H11NS/c15-13-11-8-4-5-9-12(11)14(13)16-10-6-2-1-3-7-10/h1-9,14-15H. The van der Waals surface area contributed by atoms with Crippen LogP contribution in [0.4, 0.5) is 0 Å². The minimum Gasteiger partial charge on any atom is -0.303 e. The summed E-state index contributed by atoms with van der Waals surface area (Å²) in [6, 6.07) is 18.5. The van der Waals surface area contributed by atoms with E-state index in [4.69, 9.17) is 5.41 Å². The zero-order valence-corrected chi connectivity index (χ0v) is 9.50. The second-order valence-corrected chi connectivity index (χ2v) is 4.99. The highest BCUT2D eigenvalue weighted by Gasteiger charge is 2.32. The van der Waals surface area contributed by atoms with E-state index < -0.39 is 0 Å². The van der Waals surface area contributed by atoms with Crippen molar-refractivity contribution in [2.45, 2.75) is 10.1 Å². The highest BCUT2D eigenvalue weighted by atomic mass is 32.2. The van der Waals surface area contributed by atoms with Gasteiger partial charge in [-0.1, -0.05) is 42.5 Å². The van der Waals surface area contributed by atoms with Crippen LogP contribution in [0.5, 0.6) is 0 Å². The van der Waals surface area contributed by atoms with E-state index in [-0.39, 0.29) is 5.25 Å². The van der Waals surface area contributed by atoms with Crippen molar-refractivity contribution in [3.8, 4) is 0 Å². The number of fused-ring (bicyclic) bond motifs is 1. The summed E-state index contributed by atoms with van der Waals surface area (Å²) >= 11 is 1.76. The van der Waals surface area contributed by atoms with Crippen molar-refractivity contribution in [3.63, 3.8) is 0 Å². The quantitative estimate of drug-likeness (QED) is 0.823. The van der Waals surface area contributed by atoms with Gasteiger partial charge in [-0.3, -0.25) is 0 Å². The predicted octanol–water partition coefficient (Wildman–Crippen LogP) is 3.90. The average molecular weight is 225 g/mol. The van der Waals surface area contributed by atoms with Crippen molar-refractivity contribution in [1.29, 1.82) is 5.41 Å². The van der Waals surface area contributed by atoms with Gasteiger partial charge in [0.05, 0.1) is 11.0 Å². The van der Waals surface area contributed by atoms with Gasteiger partial charge in [-0.25, -0.2) is 0 Å². The molecule has 2 aromatic rings. The highest BCUT2D eigenvalue weighted by Crippen LogP contribution is 2.45. The Kier molecular flexibility index (Phi) is 2.29. The normalized spacial score (nSPS) is 17.8. The third-order valence-electron chi connectivity index (χ3n) is 2.79. The third-order valence-corrected chi connectivity index (χ3v) is 4.06. The fourth-order valence-electron chi connectivity index (χ4n) is 1.95. The SMILES string of the molecule is N=C1c2ccccc2C1Sc1ccccc1. The number of hydrogen-bond acceptors (Lipinski definition) is 2. The zero-order chi connectivity index (χ0) is 11.0. The molecule has 1 N–H and O–H groups in total. The lowest BCUT2D eigenvalue weighted by molar-refractivity contribution is 1.14. The topological polar surface area (TPSA) is 23.9 Å². The maximum atomic E-state index is 8.00. The first kappa shape index (κ1) is 9.67. The molecule has 0 saturated carbocycles. The molecular weight excluding hydrogens is 214 g/mol. The molecule has 0 spiro atoms. The molecule has 3 rings (SSSR count). The summed E-state index contributed by atoms with van der Waals surface area (Å²) in [4.78, 5) is 1.23. The molecule has 0 radical (unpaired) electrons. The summed E-state index contributed by atoms with van der Waals surface area (Å²) in [5, 5.41) is 8.22. The van der Waals surface area contributed by atoms with Gasteiger partial charge in [-0.2, -0.15) is 0 Å². The number of hydrogen-bond donors (Lipinski definition) is 1. The summed E-state index contributed by atoms with van der Waals surface area (Å²) in [6.07, 6.45) is 0. The molecule has 78 valence electrons. The van der Waals surface area contributed by atoms with Gasteiger partial charge < -0.3 is 5.41 Å². The first-order valence-electron chi connectivity index (χ1n) is 5.26. The van der Waals surface area contributed by atoms with Crippen LogP contribution in [-0.2, 0) is 0 Å². The van der Waals surface area contributed by atoms with Gasteiger partial charge in [0, 0.05) is 10.5 Å². The molecule has 16 heavy (non-hydrogen) atoms. The Morgan fingerprint density at radius 2 is 1.56 bits per heavy atom. The van der Waals surface area contributed by atoms with Gasteiger partial charge in [0.25, 0.3) is 0 Å². The average Bonchev–Trinajstić information content (AvgIpc) is 2.37. The second-order valence-electron chi connectivity index (χ2n) is 3.81. The molecule has 1 aliphatic rings. The molecule has 2 heteroatoms. The minimum atomic E-state index is 0.221. The van der Waals surface area contributed by atoms with Crippen molar-refractivity contribution in [2.75, 3.05) is 0 Å². The van der Waals surface area contributed by atoms with Crippen LogP contribution in [0, 0.1) is 5.41 Å². The van der Waals surface area contributed by atoms with E-state index in [1.54, 1.807) is 11.8 Å². The first-order valence-corrected chi connectivity index (χ1v) is 6.13. The molecular formula is C14H11NS. The Labute approximate surface area is 99.0 Å². The Hall–Kier alpha value is -1.54. The van der Waals surface area contributed by atoms with Crippen molar-refractivity contribution < 1.29 is 0 Å². The lowest BCUT2D eigenvalue weighted by atomic mass is 9.86. The molecule has 2 aromatic carbocycles. The predicted molar refractivity (Wildman–Crippen MR) is 68.3 cm³/mol. The summed E-state index contributed by atoms with van der Waals surface area (Å²) in [7, 11) is 0. The van der Waals surface area contributed by atoms with Crippen molar-refractivity contribution in [3.05, 3.63) is 65.7 Å². The summed E-state index contributed by atoms with van der Waals surface area (Å²) < 4.78 is 0. The second kappa shape index (κ2) is 3.80. The number of rotatable bonds is 2. The monoisotopic (exact) mass is 225 g/mol. The molecule has 1 aliphatic carbocycles. The summed E-state index contributed by atoms with van der Waals surface area (Å²) in [5.41, 5.74) is 3.15. The van der Waals surface area contributed by atoms with Gasteiger partial charge in [0.15, 0.2) is 0 Å². The maximum Gasteiger partial charge on any atom is 0.0771 e. The van der Waals surface area contributed by atoms with Gasteiger partial charge in [-0.05, 0) is 17.7 Å². The van der Waals surface area contributed by atoms with E-state index >= 15 is 0 Å². The lowest BCUT2D eigenvalue weighted by Crippen LogP contribution is -2.23. The minimum absolute atomic E-state index is 0.221. The molecule has 1 nitrogen and oxygen atoms in total. The van der Waals surface area contributed by atoms with Crippen LogP contribution >= 0.6 is 11.8 Å². The molecule has 1 atom stereocenters. The van der Waals surface area contributed by atoms with Crippen LogP contribution < -0.4 is 0 Å². The van der Waals surface area contributed by atoms with Crippen LogP contribution in [0.25, 0.3) is 0 Å². The Bertz CT molecular complexity index is 533. The van der Waals surface area contributed by atoms with E-state index in [2.05, 4.69) is 18.2 Å². The smallest absolute Gasteiger partial charge is 0.0771 e. The molecule has 0 saturated heterocycles. The van der Waals surface area contributed by atoms with Crippen LogP contribution in [0.15, 0.2) is 59.5 Å². The van der Waals surface area contributed by atoms with E-state index in [0.29, 0.717) is 0 Å². The van der Waals surface area contributed by atoms with E-state index in [1.807, 2.05) is 36.4 Å². The van der Waals surface area contributed by atoms with Crippen LogP contribution in [-0.4, -0.2) is 5.71 Å². The number of benzene rings is 2. The van der Waals surface area contributed by atoms with Crippen molar-refractivity contribution >= 4 is 17.5 Å². The first-order chi connectivity index (χ1) is 7.86. The van der Waals surface area contributed by atoms with Gasteiger partial charge >= 0.3 is 0 Å². The maximum absolute atomic E-state index is 8.00. The van der Waals surface area contributed by atoms with E-state index in [0.717, 1.165) is 11.3 Å². The zero-order valence-electron chi connectivity index (χ0n) is 8.68. The summed E-state index contributed by atoms with van der Waals surface area (Å²) in [6.45, 7) is 0. The summed E-state index contributed by atoms with van der Waals surface area (Å²) in [5.74, 6) is 0. The lowest BCUT2D eigenvalue weighted by Gasteiger charge is -2.30. The van der Waals surface area contributed by atoms with Gasteiger partial charge in [0.1, 0.15) is 0 Å². The fourth-order valence-corrected chi connectivity index (χ4v) is 3.11.